The smallest absolute Gasteiger partial charge is 0.338 e. The second-order valence-electron chi connectivity index (χ2n) is 5.86. The zero-order valence-electron chi connectivity index (χ0n) is 13.6. The topological polar surface area (TPSA) is 35.5 Å². The molecule has 0 aliphatic carbocycles. The third-order valence-corrected chi connectivity index (χ3v) is 3.28. The van der Waals surface area contributed by atoms with Crippen molar-refractivity contribution in [3.63, 3.8) is 0 Å². The van der Waals surface area contributed by atoms with E-state index in [1.807, 2.05) is 25.1 Å². The van der Waals surface area contributed by atoms with Crippen LogP contribution < -0.4 is 0 Å². The van der Waals surface area contributed by atoms with Crippen molar-refractivity contribution in [3.8, 4) is 0 Å². The van der Waals surface area contributed by atoms with Crippen molar-refractivity contribution in [2.75, 3.05) is 19.8 Å². The number of hydrogen-bond acceptors (Lipinski definition) is 3. The molecule has 0 unspecified atom stereocenters. The molecular formula is C18H28O3. The molecule has 21 heavy (non-hydrogen) atoms. The maximum absolute atomic E-state index is 11.8. The van der Waals surface area contributed by atoms with E-state index in [0.717, 1.165) is 24.5 Å². The number of rotatable bonds is 10. The van der Waals surface area contributed by atoms with Gasteiger partial charge in [-0.15, -0.1) is 0 Å². The summed E-state index contributed by atoms with van der Waals surface area (Å²) in [6, 6.07) is 7.42. The van der Waals surface area contributed by atoms with Gasteiger partial charge in [0.2, 0.25) is 0 Å². The summed E-state index contributed by atoms with van der Waals surface area (Å²) in [5.41, 5.74) is 1.66. The third kappa shape index (κ3) is 8.51. The van der Waals surface area contributed by atoms with E-state index in [1.54, 1.807) is 6.07 Å². The van der Waals surface area contributed by atoms with E-state index in [2.05, 4.69) is 13.8 Å². The first-order chi connectivity index (χ1) is 10.1. The number of hydrogen-bond donors (Lipinski definition) is 0. The Bertz CT molecular complexity index is 413. The molecule has 0 bridgehead atoms. The van der Waals surface area contributed by atoms with Gasteiger partial charge in [0.15, 0.2) is 0 Å². The zero-order valence-corrected chi connectivity index (χ0v) is 13.6. The summed E-state index contributed by atoms with van der Waals surface area (Å²) in [6.45, 7) is 8.00. The molecule has 1 rings (SSSR count). The van der Waals surface area contributed by atoms with Crippen LogP contribution in [0.25, 0.3) is 0 Å². The highest BCUT2D eigenvalue weighted by atomic mass is 16.6. The second kappa shape index (κ2) is 10.4. The van der Waals surface area contributed by atoms with Crippen LogP contribution >= 0.6 is 0 Å². The first kappa shape index (κ1) is 17.7. The molecule has 0 spiro atoms. The Balaban J connectivity index is 2.00. The summed E-state index contributed by atoms with van der Waals surface area (Å²) >= 11 is 0. The Morgan fingerprint density at radius 2 is 1.90 bits per heavy atom. The number of carbonyl (C=O) groups excluding carboxylic acids is 1. The van der Waals surface area contributed by atoms with Crippen molar-refractivity contribution < 1.29 is 14.3 Å². The molecule has 0 aliphatic rings. The number of benzene rings is 1. The van der Waals surface area contributed by atoms with Crippen LogP contribution in [-0.2, 0) is 9.47 Å². The second-order valence-corrected chi connectivity index (χ2v) is 5.86. The van der Waals surface area contributed by atoms with Crippen molar-refractivity contribution in [2.45, 2.75) is 46.5 Å². The fourth-order valence-corrected chi connectivity index (χ4v) is 2.08. The van der Waals surface area contributed by atoms with Crippen LogP contribution in [0.15, 0.2) is 24.3 Å². The Kier molecular flexibility index (Phi) is 8.76. The van der Waals surface area contributed by atoms with Gasteiger partial charge in [-0.1, -0.05) is 50.8 Å². The van der Waals surface area contributed by atoms with Gasteiger partial charge in [0.25, 0.3) is 0 Å². The van der Waals surface area contributed by atoms with Gasteiger partial charge >= 0.3 is 5.97 Å². The monoisotopic (exact) mass is 292 g/mol. The highest BCUT2D eigenvalue weighted by Crippen LogP contribution is 2.08. The van der Waals surface area contributed by atoms with Gasteiger partial charge < -0.3 is 9.47 Å². The summed E-state index contributed by atoms with van der Waals surface area (Å²) < 4.78 is 10.7. The minimum Gasteiger partial charge on any atom is -0.460 e. The molecule has 3 nitrogen and oxygen atoms in total. The maximum atomic E-state index is 11.8. The molecule has 0 fully saturated rings. The van der Waals surface area contributed by atoms with E-state index < -0.39 is 0 Å². The van der Waals surface area contributed by atoms with Crippen LogP contribution in [0.2, 0.25) is 0 Å². The highest BCUT2D eigenvalue weighted by molar-refractivity contribution is 5.89. The third-order valence-electron chi connectivity index (χ3n) is 3.28. The molecule has 0 saturated heterocycles. The van der Waals surface area contributed by atoms with Crippen molar-refractivity contribution >= 4 is 5.97 Å². The van der Waals surface area contributed by atoms with Gasteiger partial charge in [0, 0.05) is 6.61 Å². The Morgan fingerprint density at radius 3 is 2.62 bits per heavy atom. The van der Waals surface area contributed by atoms with Gasteiger partial charge in [0.1, 0.15) is 6.61 Å². The maximum Gasteiger partial charge on any atom is 0.338 e. The average molecular weight is 292 g/mol. The molecule has 1 aromatic carbocycles. The van der Waals surface area contributed by atoms with Crippen LogP contribution in [-0.4, -0.2) is 25.8 Å². The quantitative estimate of drug-likeness (QED) is 0.474. The lowest BCUT2D eigenvalue weighted by atomic mass is 10.1. The lowest BCUT2D eigenvalue weighted by Gasteiger charge is -2.07. The van der Waals surface area contributed by atoms with Crippen molar-refractivity contribution in [1.29, 1.82) is 0 Å². The number of esters is 1. The molecule has 0 atom stereocenters. The molecule has 0 N–H and O–H groups in total. The Labute approximate surface area is 128 Å². The van der Waals surface area contributed by atoms with Crippen molar-refractivity contribution in [3.05, 3.63) is 35.4 Å². The first-order valence-corrected chi connectivity index (χ1v) is 7.91. The predicted octanol–water partition coefficient (Wildman–Crippen LogP) is 4.38. The summed E-state index contributed by atoms with van der Waals surface area (Å²) in [5.74, 6) is 0.506. The summed E-state index contributed by atoms with van der Waals surface area (Å²) in [6.07, 6.45) is 4.84. The minimum atomic E-state index is -0.278. The fourth-order valence-electron chi connectivity index (χ4n) is 2.08. The molecule has 0 heterocycles. The van der Waals surface area contributed by atoms with Crippen molar-refractivity contribution in [2.24, 2.45) is 5.92 Å². The van der Waals surface area contributed by atoms with E-state index in [1.165, 1.54) is 19.3 Å². The predicted molar refractivity (Wildman–Crippen MR) is 85.6 cm³/mol. The number of aryl methyl sites for hydroxylation is 1. The molecular weight excluding hydrogens is 264 g/mol. The normalized spacial score (nSPS) is 10.9. The van der Waals surface area contributed by atoms with Gasteiger partial charge in [-0.3, -0.25) is 0 Å². The van der Waals surface area contributed by atoms with Crippen molar-refractivity contribution in [1.82, 2.24) is 0 Å². The van der Waals surface area contributed by atoms with E-state index in [0.29, 0.717) is 18.8 Å². The van der Waals surface area contributed by atoms with E-state index >= 15 is 0 Å². The van der Waals surface area contributed by atoms with Gasteiger partial charge in [0.05, 0.1) is 12.2 Å². The van der Waals surface area contributed by atoms with Gasteiger partial charge in [-0.05, 0) is 31.4 Å². The average Bonchev–Trinajstić information content (AvgIpc) is 2.45. The van der Waals surface area contributed by atoms with Crippen LogP contribution in [0.3, 0.4) is 0 Å². The summed E-state index contributed by atoms with van der Waals surface area (Å²) in [5, 5.41) is 0. The number of ether oxygens (including phenoxy) is 2. The van der Waals surface area contributed by atoms with Crippen LogP contribution in [0.1, 0.15) is 55.5 Å². The highest BCUT2D eigenvalue weighted by Gasteiger charge is 2.06. The molecule has 118 valence electrons. The first-order valence-electron chi connectivity index (χ1n) is 7.91. The SMILES string of the molecule is Cc1cccc(C(=O)OCCOCCCCCC(C)C)c1. The molecule has 1 aromatic rings. The molecule has 3 heteroatoms. The number of carbonyl (C=O) groups is 1. The molecule has 0 saturated carbocycles. The van der Waals surface area contributed by atoms with Gasteiger partial charge in [-0.25, -0.2) is 4.79 Å². The molecule has 0 amide bonds. The minimum absolute atomic E-state index is 0.278. The van der Waals surface area contributed by atoms with E-state index in [-0.39, 0.29) is 5.97 Å². The summed E-state index contributed by atoms with van der Waals surface area (Å²) in [7, 11) is 0. The largest absolute Gasteiger partial charge is 0.460 e. The van der Waals surface area contributed by atoms with Crippen LogP contribution in [0.4, 0.5) is 0 Å². The zero-order chi connectivity index (χ0) is 15.5. The van der Waals surface area contributed by atoms with E-state index in [4.69, 9.17) is 9.47 Å². The molecule has 0 aromatic heterocycles. The molecule has 0 radical (unpaired) electrons. The Hall–Kier alpha value is -1.35. The lowest BCUT2D eigenvalue weighted by molar-refractivity contribution is 0.0312. The van der Waals surface area contributed by atoms with Crippen LogP contribution in [0, 0.1) is 12.8 Å². The number of unbranched alkanes of at least 4 members (excludes halogenated alkanes) is 2. The standard InChI is InChI=1S/C18H28O3/c1-15(2)8-5-4-6-11-20-12-13-21-18(19)17-10-7-9-16(3)14-17/h7,9-10,14-15H,4-6,8,11-13H2,1-3H3. The lowest BCUT2D eigenvalue weighted by Crippen LogP contribution is -2.11. The summed E-state index contributed by atoms with van der Waals surface area (Å²) in [4.78, 5) is 11.8. The Morgan fingerprint density at radius 1 is 1.10 bits per heavy atom. The fraction of sp³-hybridized carbons (Fsp3) is 0.611. The van der Waals surface area contributed by atoms with E-state index in [9.17, 15) is 4.79 Å². The molecule has 0 aliphatic heterocycles. The van der Waals surface area contributed by atoms with Crippen LogP contribution in [0.5, 0.6) is 0 Å². The van der Waals surface area contributed by atoms with Gasteiger partial charge in [-0.2, -0.15) is 0 Å².